The van der Waals surface area contributed by atoms with Crippen molar-refractivity contribution in [3.63, 3.8) is 0 Å². The molecular weight excluding hydrogens is 296 g/mol. The number of hydrogen-bond donors (Lipinski definition) is 0. The number of hydrogen-bond acceptors (Lipinski definition) is 5. The zero-order valence-electron chi connectivity index (χ0n) is 12.9. The highest BCUT2D eigenvalue weighted by Gasteiger charge is 2.10. The van der Waals surface area contributed by atoms with Gasteiger partial charge in [-0.15, -0.1) is 0 Å². The maximum Gasteiger partial charge on any atom is 0.338 e. The zero-order valence-corrected chi connectivity index (χ0v) is 12.9. The number of ether oxygens (including phenoxy) is 3. The summed E-state index contributed by atoms with van der Waals surface area (Å²) in [6.07, 6.45) is 0. The van der Waals surface area contributed by atoms with Crippen molar-refractivity contribution in [1.82, 2.24) is 0 Å². The summed E-state index contributed by atoms with van der Waals surface area (Å²) >= 11 is 0. The second-order valence-electron chi connectivity index (χ2n) is 4.60. The number of carbonyl (C=O) groups is 2. The van der Waals surface area contributed by atoms with E-state index < -0.39 is 11.9 Å². The molecule has 0 aliphatic heterocycles. The van der Waals surface area contributed by atoms with Gasteiger partial charge in [0.2, 0.25) is 0 Å². The van der Waals surface area contributed by atoms with Crippen LogP contribution in [0.1, 0.15) is 27.6 Å². The Hall–Kier alpha value is -2.82. The van der Waals surface area contributed by atoms with Gasteiger partial charge < -0.3 is 14.2 Å². The van der Waals surface area contributed by atoms with Crippen LogP contribution in [0, 0.1) is 0 Å². The third-order valence-electron chi connectivity index (χ3n) is 2.96. The fraction of sp³-hybridized carbons (Fsp3) is 0.222. The molecule has 0 spiro atoms. The van der Waals surface area contributed by atoms with Crippen molar-refractivity contribution in [3.8, 4) is 5.75 Å². The lowest BCUT2D eigenvalue weighted by Gasteiger charge is -2.07. The van der Waals surface area contributed by atoms with E-state index in [4.69, 9.17) is 14.2 Å². The maximum absolute atomic E-state index is 11.9. The van der Waals surface area contributed by atoms with Gasteiger partial charge in [0.05, 0.1) is 17.7 Å². The molecule has 0 atom stereocenters. The second-order valence-corrected chi connectivity index (χ2v) is 4.60. The largest absolute Gasteiger partial charge is 0.490 e. The Kier molecular flexibility index (Phi) is 6.17. The summed E-state index contributed by atoms with van der Waals surface area (Å²) in [5, 5.41) is 0. The Morgan fingerprint density at radius 2 is 1.35 bits per heavy atom. The Labute approximate surface area is 134 Å². The van der Waals surface area contributed by atoms with Crippen LogP contribution in [-0.2, 0) is 9.47 Å². The molecule has 2 aromatic carbocycles. The summed E-state index contributed by atoms with van der Waals surface area (Å²) in [6, 6.07) is 15.4. The fourth-order valence-corrected chi connectivity index (χ4v) is 1.85. The molecule has 0 bridgehead atoms. The Morgan fingerprint density at radius 3 is 1.91 bits per heavy atom. The van der Waals surface area contributed by atoms with E-state index in [0.717, 1.165) is 5.75 Å². The summed E-state index contributed by atoms with van der Waals surface area (Å²) in [4.78, 5) is 23.4. The van der Waals surface area contributed by atoms with E-state index in [9.17, 15) is 9.59 Å². The van der Waals surface area contributed by atoms with Crippen LogP contribution < -0.4 is 4.74 Å². The van der Waals surface area contributed by atoms with E-state index in [1.165, 1.54) is 24.3 Å². The molecule has 0 fully saturated rings. The van der Waals surface area contributed by atoms with E-state index in [2.05, 4.69) is 0 Å². The quantitative estimate of drug-likeness (QED) is 0.580. The molecule has 5 heteroatoms. The van der Waals surface area contributed by atoms with Gasteiger partial charge in [0.1, 0.15) is 19.0 Å². The molecule has 0 aliphatic rings. The molecule has 0 heterocycles. The second kappa shape index (κ2) is 8.58. The SMILES string of the molecule is CCOC(=O)c1ccc(C(=O)OCCOc2ccccc2)cc1. The first-order valence-corrected chi connectivity index (χ1v) is 7.33. The Balaban J connectivity index is 1.78. The molecule has 0 amide bonds. The average Bonchev–Trinajstić information content (AvgIpc) is 2.60. The topological polar surface area (TPSA) is 61.8 Å². The predicted octanol–water partition coefficient (Wildman–Crippen LogP) is 3.10. The summed E-state index contributed by atoms with van der Waals surface area (Å²) < 4.78 is 15.4. The third-order valence-corrected chi connectivity index (χ3v) is 2.96. The van der Waals surface area contributed by atoms with Gasteiger partial charge in [-0.25, -0.2) is 9.59 Å². The highest BCUT2D eigenvalue weighted by Crippen LogP contribution is 2.09. The van der Waals surface area contributed by atoms with Gasteiger partial charge in [-0.05, 0) is 43.3 Å². The first-order chi connectivity index (χ1) is 11.2. The van der Waals surface area contributed by atoms with Crippen LogP contribution in [0.5, 0.6) is 5.75 Å². The van der Waals surface area contributed by atoms with Crippen molar-refractivity contribution in [2.75, 3.05) is 19.8 Å². The van der Waals surface area contributed by atoms with Crippen molar-refractivity contribution in [3.05, 3.63) is 65.7 Å². The van der Waals surface area contributed by atoms with E-state index >= 15 is 0 Å². The summed E-state index contributed by atoms with van der Waals surface area (Å²) in [5.41, 5.74) is 0.772. The fourth-order valence-electron chi connectivity index (χ4n) is 1.85. The molecule has 120 valence electrons. The highest BCUT2D eigenvalue weighted by atomic mass is 16.6. The van der Waals surface area contributed by atoms with Crippen LogP contribution in [0.2, 0.25) is 0 Å². The molecular formula is C18H18O5. The maximum atomic E-state index is 11.9. The third kappa shape index (κ3) is 5.14. The molecule has 0 saturated heterocycles. The molecule has 23 heavy (non-hydrogen) atoms. The average molecular weight is 314 g/mol. The van der Waals surface area contributed by atoms with Gasteiger partial charge in [-0.2, -0.15) is 0 Å². The van der Waals surface area contributed by atoms with Gasteiger partial charge in [0.15, 0.2) is 0 Å². The minimum atomic E-state index is -0.461. The van der Waals surface area contributed by atoms with Crippen LogP contribution in [0.15, 0.2) is 54.6 Å². The van der Waals surface area contributed by atoms with E-state index in [0.29, 0.717) is 17.7 Å². The molecule has 0 unspecified atom stereocenters. The summed E-state index contributed by atoms with van der Waals surface area (Å²) in [7, 11) is 0. The number of esters is 2. The molecule has 0 aromatic heterocycles. The first-order valence-electron chi connectivity index (χ1n) is 7.33. The lowest BCUT2D eigenvalue weighted by atomic mass is 10.1. The lowest BCUT2D eigenvalue weighted by molar-refractivity contribution is 0.0448. The van der Waals surface area contributed by atoms with Crippen molar-refractivity contribution in [2.45, 2.75) is 6.92 Å². The van der Waals surface area contributed by atoms with E-state index in [1.54, 1.807) is 6.92 Å². The van der Waals surface area contributed by atoms with Crippen LogP contribution in [0.4, 0.5) is 0 Å². The van der Waals surface area contributed by atoms with E-state index in [1.807, 2.05) is 30.3 Å². The summed E-state index contributed by atoms with van der Waals surface area (Å²) in [6.45, 7) is 2.47. The number of benzene rings is 2. The molecule has 0 aliphatic carbocycles. The normalized spacial score (nSPS) is 9.96. The molecule has 0 radical (unpaired) electrons. The van der Waals surface area contributed by atoms with E-state index in [-0.39, 0.29) is 13.2 Å². The highest BCUT2D eigenvalue weighted by molar-refractivity contribution is 5.93. The summed E-state index contributed by atoms with van der Waals surface area (Å²) in [5.74, 6) is -0.150. The zero-order chi connectivity index (χ0) is 16.5. The number of rotatable bonds is 7. The van der Waals surface area contributed by atoms with Crippen LogP contribution in [0.25, 0.3) is 0 Å². The standard InChI is InChI=1S/C18H18O5/c1-2-21-17(19)14-8-10-15(11-9-14)18(20)23-13-12-22-16-6-4-3-5-7-16/h3-11H,2,12-13H2,1H3. The molecule has 0 N–H and O–H groups in total. The molecule has 2 rings (SSSR count). The van der Waals surface area contributed by atoms with Crippen molar-refractivity contribution in [1.29, 1.82) is 0 Å². The van der Waals surface area contributed by atoms with Gasteiger partial charge in [0, 0.05) is 0 Å². The number of carbonyl (C=O) groups excluding carboxylic acids is 2. The smallest absolute Gasteiger partial charge is 0.338 e. The molecule has 2 aromatic rings. The number of para-hydroxylation sites is 1. The van der Waals surface area contributed by atoms with Gasteiger partial charge >= 0.3 is 11.9 Å². The van der Waals surface area contributed by atoms with Crippen molar-refractivity contribution in [2.24, 2.45) is 0 Å². The first kappa shape index (κ1) is 16.5. The molecule has 0 saturated carbocycles. The predicted molar refractivity (Wildman–Crippen MR) is 84.6 cm³/mol. The molecule has 5 nitrogen and oxygen atoms in total. The minimum absolute atomic E-state index is 0.146. The monoisotopic (exact) mass is 314 g/mol. The van der Waals surface area contributed by atoms with Crippen LogP contribution in [-0.4, -0.2) is 31.8 Å². The van der Waals surface area contributed by atoms with Crippen LogP contribution >= 0.6 is 0 Å². The Morgan fingerprint density at radius 1 is 0.783 bits per heavy atom. The minimum Gasteiger partial charge on any atom is -0.490 e. The van der Waals surface area contributed by atoms with Crippen molar-refractivity contribution >= 4 is 11.9 Å². The Bertz CT molecular complexity index is 634. The lowest BCUT2D eigenvalue weighted by Crippen LogP contribution is -2.12. The van der Waals surface area contributed by atoms with Crippen molar-refractivity contribution < 1.29 is 23.8 Å². The van der Waals surface area contributed by atoms with Gasteiger partial charge in [-0.1, -0.05) is 18.2 Å². The van der Waals surface area contributed by atoms with Gasteiger partial charge in [-0.3, -0.25) is 0 Å². The van der Waals surface area contributed by atoms with Gasteiger partial charge in [0.25, 0.3) is 0 Å². The van der Waals surface area contributed by atoms with Crippen LogP contribution in [0.3, 0.4) is 0 Å².